The first kappa shape index (κ1) is 12.9. The molecule has 0 aliphatic carbocycles. The van der Waals surface area contributed by atoms with Gasteiger partial charge >= 0.3 is 0 Å². The van der Waals surface area contributed by atoms with Crippen LogP contribution in [0.4, 0.5) is 0 Å². The Morgan fingerprint density at radius 3 is 2.24 bits per heavy atom. The fourth-order valence-corrected chi connectivity index (χ4v) is 3.23. The first-order valence-electron chi connectivity index (χ1n) is 7.29. The number of carbonyl (C=O) groups is 1. The van der Waals surface area contributed by atoms with Crippen molar-refractivity contribution in [2.24, 2.45) is 5.41 Å². The van der Waals surface area contributed by atoms with Gasteiger partial charge in [0.25, 0.3) is 0 Å². The number of carbonyl (C=O) groups excluding carboxylic acids is 1. The van der Waals surface area contributed by atoms with Crippen molar-refractivity contribution in [3.8, 4) is 0 Å². The minimum absolute atomic E-state index is 0.0460. The van der Waals surface area contributed by atoms with Crippen molar-refractivity contribution >= 4 is 5.91 Å². The third kappa shape index (κ3) is 2.82. The van der Waals surface area contributed by atoms with Gasteiger partial charge in [0.05, 0.1) is 5.41 Å². The van der Waals surface area contributed by atoms with Crippen molar-refractivity contribution in [3.63, 3.8) is 0 Å². The number of hydrogen-bond donors (Lipinski definition) is 1. The van der Waals surface area contributed by atoms with Crippen LogP contribution in [0.2, 0.25) is 0 Å². The van der Waals surface area contributed by atoms with Gasteiger partial charge in [0.15, 0.2) is 0 Å². The van der Waals surface area contributed by atoms with E-state index in [-0.39, 0.29) is 5.41 Å². The summed E-state index contributed by atoms with van der Waals surface area (Å²) < 4.78 is 0. The maximum atomic E-state index is 12.8. The molecule has 0 bridgehead atoms. The zero-order valence-electron chi connectivity index (χ0n) is 11.1. The average molecular weight is 238 g/mol. The molecule has 2 fully saturated rings. The minimum atomic E-state index is -0.0460. The number of nitrogens with one attached hydrogen (secondary N) is 1. The highest BCUT2D eigenvalue weighted by Gasteiger charge is 2.40. The van der Waals surface area contributed by atoms with E-state index in [1.54, 1.807) is 0 Å². The van der Waals surface area contributed by atoms with E-state index in [1.807, 2.05) is 0 Å². The smallest absolute Gasteiger partial charge is 0.228 e. The summed E-state index contributed by atoms with van der Waals surface area (Å²) >= 11 is 0. The molecule has 2 aliphatic heterocycles. The topological polar surface area (TPSA) is 32.3 Å². The largest absolute Gasteiger partial charge is 0.342 e. The molecule has 3 heteroatoms. The van der Waals surface area contributed by atoms with Crippen molar-refractivity contribution < 1.29 is 4.79 Å². The molecule has 0 spiro atoms. The highest BCUT2D eigenvalue weighted by molar-refractivity contribution is 5.83. The van der Waals surface area contributed by atoms with E-state index in [9.17, 15) is 4.79 Å². The van der Waals surface area contributed by atoms with Gasteiger partial charge < -0.3 is 10.2 Å². The lowest BCUT2D eigenvalue weighted by Crippen LogP contribution is -2.49. The molecule has 0 aromatic heterocycles. The molecule has 0 atom stereocenters. The van der Waals surface area contributed by atoms with Gasteiger partial charge in [0.2, 0.25) is 5.91 Å². The number of rotatable bonds is 2. The second-order valence-electron chi connectivity index (χ2n) is 5.59. The Morgan fingerprint density at radius 1 is 1.12 bits per heavy atom. The molecule has 2 heterocycles. The highest BCUT2D eigenvalue weighted by atomic mass is 16.2. The third-order valence-corrected chi connectivity index (χ3v) is 4.58. The van der Waals surface area contributed by atoms with Crippen LogP contribution in [0.15, 0.2) is 0 Å². The van der Waals surface area contributed by atoms with Crippen LogP contribution in [-0.2, 0) is 4.79 Å². The summed E-state index contributed by atoms with van der Waals surface area (Å²) in [6.07, 6.45) is 8.05. The summed E-state index contributed by atoms with van der Waals surface area (Å²) in [6, 6.07) is 0. The van der Waals surface area contributed by atoms with E-state index < -0.39 is 0 Å². The molecule has 0 unspecified atom stereocenters. The molecule has 17 heavy (non-hydrogen) atoms. The van der Waals surface area contributed by atoms with Gasteiger partial charge in [-0.15, -0.1) is 0 Å². The van der Waals surface area contributed by atoms with Crippen molar-refractivity contribution in [2.75, 3.05) is 26.2 Å². The van der Waals surface area contributed by atoms with E-state index in [0.717, 1.165) is 45.4 Å². The number of hydrogen-bond acceptors (Lipinski definition) is 2. The number of amides is 1. The summed E-state index contributed by atoms with van der Waals surface area (Å²) in [4.78, 5) is 14.9. The Bertz CT molecular complexity index is 251. The third-order valence-electron chi connectivity index (χ3n) is 4.58. The van der Waals surface area contributed by atoms with E-state index >= 15 is 0 Å². The lowest BCUT2D eigenvalue weighted by atomic mass is 9.75. The summed E-state index contributed by atoms with van der Waals surface area (Å²) in [7, 11) is 0. The standard InChI is InChI=1S/C14H26N2O/c1-2-14(7-9-15-10-8-14)13(17)16-11-5-3-4-6-12-16/h15H,2-12H2,1H3. The molecular formula is C14H26N2O. The van der Waals surface area contributed by atoms with Crippen LogP contribution in [0.3, 0.4) is 0 Å². The lowest BCUT2D eigenvalue weighted by Gasteiger charge is -2.39. The molecular weight excluding hydrogens is 212 g/mol. The zero-order valence-corrected chi connectivity index (χ0v) is 11.1. The summed E-state index contributed by atoms with van der Waals surface area (Å²) in [5.41, 5.74) is -0.0460. The van der Waals surface area contributed by atoms with Crippen LogP contribution in [0.1, 0.15) is 51.9 Å². The predicted molar refractivity (Wildman–Crippen MR) is 69.9 cm³/mol. The molecule has 0 aromatic rings. The molecule has 0 aromatic carbocycles. The van der Waals surface area contributed by atoms with Crippen molar-refractivity contribution in [1.29, 1.82) is 0 Å². The van der Waals surface area contributed by atoms with Gasteiger partial charge in [0, 0.05) is 13.1 Å². The van der Waals surface area contributed by atoms with Crippen LogP contribution in [0, 0.1) is 5.41 Å². The number of likely N-dealkylation sites (tertiary alicyclic amines) is 1. The Hall–Kier alpha value is -0.570. The van der Waals surface area contributed by atoms with Gasteiger partial charge in [-0.05, 0) is 45.2 Å². The van der Waals surface area contributed by atoms with E-state index in [1.165, 1.54) is 25.7 Å². The number of piperidine rings is 1. The molecule has 2 aliphatic rings. The SMILES string of the molecule is CCC1(C(=O)N2CCCCCC2)CCNCC1. The zero-order chi connectivity index (χ0) is 12.1. The second-order valence-corrected chi connectivity index (χ2v) is 5.59. The molecule has 3 nitrogen and oxygen atoms in total. The quantitative estimate of drug-likeness (QED) is 0.799. The van der Waals surface area contributed by atoms with Crippen LogP contribution in [-0.4, -0.2) is 37.0 Å². The first-order chi connectivity index (χ1) is 8.28. The first-order valence-corrected chi connectivity index (χ1v) is 7.29. The van der Waals surface area contributed by atoms with Gasteiger partial charge in [-0.3, -0.25) is 4.79 Å². The summed E-state index contributed by atoms with van der Waals surface area (Å²) in [6.45, 7) is 6.18. The maximum absolute atomic E-state index is 12.8. The average Bonchev–Trinajstić information content (AvgIpc) is 2.67. The Kier molecular flexibility index (Phi) is 4.43. The Morgan fingerprint density at radius 2 is 1.71 bits per heavy atom. The molecule has 98 valence electrons. The number of nitrogens with zero attached hydrogens (tertiary/aromatic N) is 1. The van der Waals surface area contributed by atoms with Crippen LogP contribution in [0.25, 0.3) is 0 Å². The molecule has 0 radical (unpaired) electrons. The molecule has 1 N–H and O–H groups in total. The predicted octanol–water partition coefficient (Wildman–Crippen LogP) is 2.17. The maximum Gasteiger partial charge on any atom is 0.228 e. The monoisotopic (exact) mass is 238 g/mol. The van der Waals surface area contributed by atoms with Crippen molar-refractivity contribution in [1.82, 2.24) is 10.2 Å². The van der Waals surface area contributed by atoms with Crippen LogP contribution < -0.4 is 5.32 Å². The highest BCUT2D eigenvalue weighted by Crippen LogP contribution is 2.35. The molecule has 0 saturated carbocycles. The van der Waals surface area contributed by atoms with E-state index in [0.29, 0.717) is 5.91 Å². The molecule has 2 saturated heterocycles. The fourth-order valence-electron chi connectivity index (χ4n) is 3.23. The van der Waals surface area contributed by atoms with Crippen molar-refractivity contribution in [2.45, 2.75) is 51.9 Å². The lowest BCUT2D eigenvalue weighted by molar-refractivity contribution is -0.144. The van der Waals surface area contributed by atoms with Crippen molar-refractivity contribution in [3.05, 3.63) is 0 Å². The Labute approximate surface area is 105 Å². The van der Waals surface area contributed by atoms with E-state index in [4.69, 9.17) is 0 Å². The summed E-state index contributed by atoms with van der Waals surface area (Å²) in [5, 5.41) is 3.37. The van der Waals surface area contributed by atoms with Gasteiger partial charge in [-0.1, -0.05) is 19.8 Å². The van der Waals surface area contributed by atoms with Gasteiger partial charge in [0.1, 0.15) is 0 Å². The molecule has 1 amide bonds. The van der Waals surface area contributed by atoms with Crippen LogP contribution in [0.5, 0.6) is 0 Å². The van der Waals surface area contributed by atoms with Gasteiger partial charge in [-0.2, -0.15) is 0 Å². The fraction of sp³-hybridized carbons (Fsp3) is 0.929. The van der Waals surface area contributed by atoms with E-state index in [2.05, 4.69) is 17.1 Å². The van der Waals surface area contributed by atoms with Crippen LogP contribution >= 0.6 is 0 Å². The Balaban J connectivity index is 2.04. The minimum Gasteiger partial charge on any atom is -0.342 e. The normalized spacial score (nSPS) is 25.4. The van der Waals surface area contributed by atoms with Gasteiger partial charge in [-0.25, -0.2) is 0 Å². The summed E-state index contributed by atoms with van der Waals surface area (Å²) in [5.74, 6) is 0.448. The molecule has 2 rings (SSSR count). The second kappa shape index (κ2) is 5.85.